The van der Waals surface area contributed by atoms with Crippen molar-refractivity contribution in [2.75, 3.05) is 6.61 Å². The van der Waals surface area contributed by atoms with Crippen LogP contribution in [0.3, 0.4) is 0 Å². The first-order valence-electron chi connectivity index (χ1n) is 5.35. The number of nitrogens with one attached hydrogen (secondary N) is 1. The highest BCUT2D eigenvalue weighted by atomic mass is 19.1. The summed E-state index contributed by atoms with van der Waals surface area (Å²) in [6, 6.07) is 4.13. The maximum atomic E-state index is 13.3. The van der Waals surface area contributed by atoms with Gasteiger partial charge in [-0.25, -0.2) is 9.37 Å². The molecule has 0 bridgehead atoms. The number of hydrogen-bond donors (Lipinski definition) is 2. The maximum Gasteiger partial charge on any atom is 0.154 e. The Labute approximate surface area is 97.1 Å². The van der Waals surface area contributed by atoms with Crippen molar-refractivity contribution in [1.82, 2.24) is 9.97 Å². The molecular formula is C12H11FN2O2. The van der Waals surface area contributed by atoms with Crippen LogP contribution < -0.4 is 4.74 Å². The molecule has 2 aromatic rings. The van der Waals surface area contributed by atoms with Crippen LogP contribution in [0.1, 0.15) is 17.8 Å². The molecular weight excluding hydrogens is 223 g/mol. The minimum Gasteiger partial charge on any atom is -0.493 e. The standard InChI is InChI=1S/C12H11FN2O2/c13-8-1-2-10-9(7-8)12(16,3-6-17-10)11-14-4-5-15-11/h1-2,4-5,7,16H,3,6H2,(H,14,15). The van der Waals surface area contributed by atoms with Crippen molar-refractivity contribution in [3.05, 3.63) is 47.8 Å². The molecule has 0 fully saturated rings. The number of benzene rings is 1. The van der Waals surface area contributed by atoms with Crippen molar-refractivity contribution in [3.63, 3.8) is 0 Å². The first-order valence-corrected chi connectivity index (χ1v) is 5.35. The van der Waals surface area contributed by atoms with Crippen LogP contribution in [0, 0.1) is 5.82 Å². The van der Waals surface area contributed by atoms with E-state index in [1.165, 1.54) is 18.2 Å². The van der Waals surface area contributed by atoms with E-state index in [0.29, 0.717) is 30.2 Å². The lowest BCUT2D eigenvalue weighted by atomic mass is 9.87. The van der Waals surface area contributed by atoms with Crippen LogP contribution in [0.25, 0.3) is 0 Å². The van der Waals surface area contributed by atoms with E-state index >= 15 is 0 Å². The van der Waals surface area contributed by atoms with E-state index < -0.39 is 11.4 Å². The number of fused-ring (bicyclic) bond motifs is 1. The number of nitrogens with zero attached hydrogens (tertiary/aromatic N) is 1. The van der Waals surface area contributed by atoms with Crippen LogP contribution in [-0.2, 0) is 5.60 Å². The van der Waals surface area contributed by atoms with Gasteiger partial charge in [-0.05, 0) is 18.2 Å². The molecule has 1 aliphatic rings. The molecule has 0 amide bonds. The zero-order chi connectivity index (χ0) is 11.9. The van der Waals surface area contributed by atoms with E-state index in [9.17, 15) is 9.50 Å². The quantitative estimate of drug-likeness (QED) is 0.787. The van der Waals surface area contributed by atoms with Crippen LogP contribution >= 0.6 is 0 Å². The van der Waals surface area contributed by atoms with Crippen molar-refractivity contribution in [2.24, 2.45) is 0 Å². The van der Waals surface area contributed by atoms with Gasteiger partial charge in [0, 0.05) is 24.4 Å². The summed E-state index contributed by atoms with van der Waals surface area (Å²) in [7, 11) is 0. The summed E-state index contributed by atoms with van der Waals surface area (Å²) in [6.07, 6.45) is 3.53. The van der Waals surface area contributed by atoms with Crippen LogP contribution in [-0.4, -0.2) is 21.7 Å². The lowest BCUT2D eigenvalue weighted by molar-refractivity contribution is 0.0274. The first kappa shape index (κ1) is 10.3. The molecule has 3 rings (SSSR count). The first-order chi connectivity index (χ1) is 8.20. The van der Waals surface area contributed by atoms with Crippen molar-refractivity contribution in [2.45, 2.75) is 12.0 Å². The van der Waals surface area contributed by atoms with Gasteiger partial charge in [0.25, 0.3) is 0 Å². The molecule has 1 aromatic heterocycles. The average molecular weight is 234 g/mol. The van der Waals surface area contributed by atoms with Crippen molar-refractivity contribution < 1.29 is 14.2 Å². The van der Waals surface area contributed by atoms with E-state index in [-0.39, 0.29) is 0 Å². The van der Waals surface area contributed by atoms with E-state index in [1.807, 2.05) is 0 Å². The second-order valence-electron chi connectivity index (χ2n) is 4.04. The highest BCUT2D eigenvalue weighted by Crippen LogP contribution is 2.40. The third-order valence-electron chi connectivity index (χ3n) is 3.00. The molecule has 17 heavy (non-hydrogen) atoms. The Morgan fingerprint density at radius 2 is 2.35 bits per heavy atom. The molecule has 5 heteroatoms. The van der Waals surface area contributed by atoms with Crippen LogP contribution in [0.2, 0.25) is 0 Å². The third-order valence-corrected chi connectivity index (χ3v) is 3.00. The molecule has 0 saturated heterocycles. The summed E-state index contributed by atoms with van der Waals surface area (Å²) in [5.74, 6) is 0.503. The van der Waals surface area contributed by atoms with Gasteiger partial charge in [0.1, 0.15) is 17.4 Å². The number of imidazole rings is 1. The normalized spacial score (nSPS) is 22.9. The monoisotopic (exact) mass is 234 g/mol. The lowest BCUT2D eigenvalue weighted by Crippen LogP contribution is -2.35. The van der Waals surface area contributed by atoms with Gasteiger partial charge in [-0.1, -0.05) is 0 Å². The smallest absolute Gasteiger partial charge is 0.154 e. The topological polar surface area (TPSA) is 58.1 Å². The largest absolute Gasteiger partial charge is 0.493 e. The van der Waals surface area contributed by atoms with Gasteiger partial charge < -0.3 is 14.8 Å². The zero-order valence-corrected chi connectivity index (χ0v) is 8.98. The predicted octanol–water partition coefficient (Wildman–Crippen LogP) is 1.57. The van der Waals surface area contributed by atoms with Gasteiger partial charge in [-0.15, -0.1) is 0 Å². The predicted molar refractivity (Wildman–Crippen MR) is 58.1 cm³/mol. The van der Waals surface area contributed by atoms with Gasteiger partial charge in [-0.3, -0.25) is 0 Å². The molecule has 0 saturated carbocycles. The number of rotatable bonds is 1. The number of H-pyrrole nitrogens is 1. The summed E-state index contributed by atoms with van der Waals surface area (Å²) in [5, 5.41) is 10.7. The molecule has 4 nitrogen and oxygen atoms in total. The van der Waals surface area contributed by atoms with Crippen LogP contribution in [0.15, 0.2) is 30.6 Å². The highest BCUT2D eigenvalue weighted by Gasteiger charge is 2.39. The molecule has 0 spiro atoms. The molecule has 1 aliphatic heterocycles. The summed E-state index contributed by atoms with van der Waals surface area (Å²) >= 11 is 0. The number of halogens is 1. The molecule has 1 unspecified atom stereocenters. The minimum absolute atomic E-state index is 0.344. The van der Waals surface area contributed by atoms with Crippen LogP contribution in [0.5, 0.6) is 5.75 Å². The fraction of sp³-hybridized carbons (Fsp3) is 0.250. The third kappa shape index (κ3) is 1.51. The number of hydrogen-bond acceptors (Lipinski definition) is 3. The zero-order valence-electron chi connectivity index (χ0n) is 8.98. The molecule has 1 atom stereocenters. The van der Waals surface area contributed by atoms with E-state index in [4.69, 9.17) is 4.74 Å². The Morgan fingerprint density at radius 3 is 3.12 bits per heavy atom. The average Bonchev–Trinajstić information content (AvgIpc) is 2.84. The molecule has 1 aromatic carbocycles. The number of ether oxygens (including phenoxy) is 1. The second-order valence-corrected chi connectivity index (χ2v) is 4.04. The fourth-order valence-electron chi connectivity index (χ4n) is 2.13. The molecule has 88 valence electrons. The Balaban J connectivity index is 2.19. The van der Waals surface area contributed by atoms with Gasteiger partial charge in [0.15, 0.2) is 5.60 Å². The Hall–Kier alpha value is -1.88. The van der Waals surface area contributed by atoms with Crippen molar-refractivity contribution in [1.29, 1.82) is 0 Å². The SMILES string of the molecule is OC1(c2ncc[nH]2)CCOc2ccc(F)cc21. The molecule has 0 radical (unpaired) electrons. The molecule has 2 N–H and O–H groups in total. The Bertz CT molecular complexity index is 541. The summed E-state index contributed by atoms with van der Waals surface area (Å²) in [6.45, 7) is 0.371. The summed E-state index contributed by atoms with van der Waals surface area (Å²) < 4.78 is 18.7. The van der Waals surface area contributed by atoms with Crippen molar-refractivity contribution in [3.8, 4) is 5.75 Å². The number of aromatic nitrogens is 2. The van der Waals surface area contributed by atoms with E-state index in [1.54, 1.807) is 12.4 Å². The lowest BCUT2D eigenvalue weighted by Gasteiger charge is -2.32. The Kier molecular flexibility index (Phi) is 2.16. The molecule has 2 heterocycles. The maximum absolute atomic E-state index is 13.3. The van der Waals surface area contributed by atoms with Gasteiger partial charge in [-0.2, -0.15) is 0 Å². The van der Waals surface area contributed by atoms with Crippen molar-refractivity contribution >= 4 is 0 Å². The molecule has 0 aliphatic carbocycles. The van der Waals surface area contributed by atoms with Gasteiger partial charge in [0.2, 0.25) is 0 Å². The Morgan fingerprint density at radius 1 is 1.47 bits per heavy atom. The minimum atomic E-state index is -1.31. The number of aliphatic hydroxyl groups is 1. The number of aromatic amines is 1. The van der Waals surface area contributed by atoms with Crippen LogP contribution in [0.4, 0.5) is 4.39 Å². The van der Waals surface area contributed by atoms with E-state index in [0.717, 1.165) is 0 Å². The van der Waals surface area contributed by atoms with E-state index in [2.05, 4.69) is 9.97 Å². The summed E-state index contributed by atoms with van der Waals surface area (Å²) in [4.78, 5) is 6.93. The summed E-state index contributed by atoms with van der Waals surface area (Å²) in [5.41, 5.74) is -0.891. The van der Waals surface area contributed by atoms with Gasteiger partial charge in [0.05, 0.1) is 6.61 Å². The fourth-order valence-corrected chi connectivity index (χ4v) is 2.13. The highest BCUT2D eigenvalue weighted by molar-refractivity contribution is 5.43. The second kappa shape index (κ2) is 3.56. The van der Waals surface area contributed by atoms with Gasteiger partial charge >= 0.3 is 0 Å².